The average Bonchev–Trinajstić information content (AvgIpc) is 2.72. The molecule has 17 heavy (non-hydrogen) atoms. The molecule has 1 aromatic heterocycles. The number of carbonyl (C=O) groups is 1. The minimum Gasteiger partial charge on any atom is -0.459 e. The predicted octanol–water partition coefficient (Wildman–Crippen LogP) is 2.26. The highest BCUT2D eigenvalue weighted by molar-refractivity contribution is 7.05. The molecule has 0 N–H and O–H groups in total. The Balaban J connectivity index is 2.32. The molecule has 1 rings (SSSR count). The zero-order valence-corrected chi connectivity index (χ0v) is 11.7. The number of rotatable bonds is 6. The van der Waals surface area contributed by atoms with Crippen LogP contribution in [0.1, 0.15) is 36.8 Å². The average molecular weight is 256 g/mol. The molecular weight excluding hydrogens is 236 g/mol. The fourth-order valence-corrected chi connectivity index (χ4v) is 1.94. The summed E-state index contributed by atoms with van der Waals surface area (Å²) in [5, 5.41) is 0. The van der Waals surface area contributed by atoms with Gasteiger partial charge in [0.25, 0.3) is 0 Å². The van der Waals surface area contributed by atoms with E-state index in [1.54, 1.807) is 0 Å². The molecule has 0 aliphatic heterocycles. The Hall–Kier alpha value is -0.940. The molecule has 0 atom stereocenters. The van der Waals surface area contributed by atoms with Gasteiger partial charge in [0.05, 0.1) is 12.1 Å². The van der Waals surface area contributed by atoms with Crippen LogP contribution in [0.4, 0.5) is 0 Å². The Bertz CT molecular complexity index is 361. The van der Waals surface area contributed by atoms with Gasteiger partial charge in [-0.1, -0.05) is 13.8 Å². The summed E-state index contributed by atoms with van der Waals surface area (Å²) in [4.78, 5) is 14.6. The molecule has 1 heterocycles. The van der Waals surface area contributed by atoms with E-state index in [0.717, 1.165) is 5.69 Å². The molecule has 0 spiro atoms. The van der Waals surface area contributed by atoms with Crippen LogP contribution in [0.5, 0.6) is 0 Å². The molecule has 0 radical (unpaired) electrons. The van der Waals surface area contributed by atoms with Crippen molar-refractivity contribution in [3.63, 3.8) is 0 Å². The highest BCUT2D eigenvalue weighted by Crippen LogP contribution is 2.20. The first kappa shape index (κ1) is 14.1. The number of carbonyl (C=O) groups excluding carboxylic acids is 1. The van der Waals surface area contributed by atoms with Gasteiger partial charge in [-0.25, -0.2) is 0 Å². The minimum absolute atomic E-state index is 0.169. The van der Waals surface area contributed by atoms with Crippen molar-refractivity contribution in [2.24, 2.45) is 0 Å². The van der Waals surface area contributed by atoms with Crippen LogP contribution in [0.15, 0.2) is 6.07 Å². The summed E-state index contributed by atoms with van der Waals surface area (Å²) in [5.41, 5.74) is 0.844. The molecule has 0 amide bonds. The summed E-state index contributed by atoms with van der Waals surface area (Å²) in [6, 6.07) is 2.01. The molecule has 4 nitrogen and oxygen atoms in total. The molecule has 0 fully saturated rings. The standard InChI is InChI=1S/C12H20N2O2S/c1-9(2)11-7-10(13-17-11)8-16-12(15)5-6-14(3)4/h7,9H,5-6,8H2,1-4H3. The van der Waals surface area contributed by atoms with Crippen LogP contribution in [-0.4, -0.2) is 35.9 Å². The highest BCUT2D eigenvalue weighted by atomic mass is 32.1. The van der Waals surface area contributed by atoms with E-state index in [4.69, 9.17) is 4.74 Å². The van der Waals surface area contributed by atoms with Gasteiger partial charge in [-0.3, -0.25) is 4.79 Å². The Morgan fingerprint density at radius 3 is 2.76 bits per heavy atom. The first-order valence-corrected chi connectivity index (χ1v) is 6.52. The molecule has 0 aliphatic rings. The van der Waals surface area contributed by atoms with E-state index in [1.807, 2.05) is 25.1 Å². The largest absolute Gasteiger partial charge is 0.459 e. The van der Waals surface area contributed by atoms with Gasteiger partial charge in [0.1, 0.15) is 6.61 Å². The van der Waals surface area contributed by atoms with Gasteiger partial charge in [0.15, 0.2) is 0 Å². The second-order valence-corrected chi connectivity index (χ2v) is 5.43. The number of esters is 1. The minimum atomic E-state index is -0.169. The van der Waals surface area contributed by atoms with E-state index in [9.17, 15) is 4.79 Å². The molecule has 0 aromatic carbocycles. The first-order valence-electron chi connectivity index (χ1n) is 5.75. The van der Waals surface area contributed by atoms with Gasteiger partial charge in [-0.2, -0.15) is 4.37 Å². The van der Waals surface area contributed by atoms with Gasteiger partial charge < -0.3 is 9.64 Å². The normalized spacial score (nSPS) is 11.2. The van der Waals surface area contributed by atoms with Crippen LogP contribution in [0.25, 0.3) is 0 Å². The van der Waals surface area contributed by atoms with Crippen LogP contribution in [0, 0.1) is 0 Å². The van der Waals surface area contributed by atoms with Crippen molar-refractivity contribution in [2.45, 2.75) is 32.8 Å². The van der Waals surface area contributed by atoms with E-state index in [-0.39, 0.29) is 12.6 Å². The van der Waals surface area contributed by atoms with Gasteiger partial charge >= 0.3 is 5.97 Å². The number of ether oxygens (including phenoxy) is 1. The van der Waals surface area contributed by atoms with Crippen LogP contribution in [0.3, 0.4) is 0 Å². The molecule has 0 bridgehead atoms. The molecule has 5 heteroatoms. The van der Waals surface area contributed by atoms with Crippen molar-refractivity contribution in [3.05, 3.63) is 16.6 Å². The van der Waals surface area contributed by atoms with E-state index >= 15 is 0 Å². The van der Waals surface area contributed by atoms with Gasteiger partial charge in [0, 0.05) is 11.4 Å². The topological polar surface area (TPSA) is 42.4 Å². The summed E-state index contributed by atoms with van der Waals surface area (Å²) in [5.74, 6) is 0.309. The fraction of sp³-hybridized carbons (Fsp3) is 0.667. The van der Waals surface area contributed by atoms with Crippen LogP contribution in [-0.2, 0) is 16.1 Å². The molecule has 96 valence electrons. The van der Waals surface area contributed by atoms with Crippen LogP contribution in [0.2, 0.25) is 0 Å². The number of aromatic nitrogens is 1. The van der Waals surface area contributed by atoms with E-state index < -0.39 is 0 Å². The molecule has 0 saturated heterocycles. The molecule has 0 aliphatic carbocycles. The van der Waals surface area contributed by atoms with Gasteiger partial charge in [0.2, 0.25) is 0 Å². The molecular formula is C12H20N2O2S. The third kappa shape index (κ3) is 5.28. The maximum absolute atomic E-state index is 11.4. The third-order valence-corrected chi connectivity index (χ3v) is 3.42. The van der Waals surface area contributed by atoms with Crippen LogP contribution >= 0.6 is 11.5 Å². The summed E-state index contributed by atoms with van der Waals surface area (Å²) in [7, 11) is 3.87. The third-order valence-electron chi connectivity index (χ3n) is 2.29. The smallest absolute Gasteiger partial charge is 0.307 e. The molecule has 0 saturated carbocycles. The lowest BCUT2D eigenvalue weighted by Crippen LogP contribution is -2.17. The zero-order chi connectivity index (χ0) is 12.8. The lowest BCUT2D eigenvalue weighted by Gasteiger charge is -2.08. The SMILES string of the molecule is CC(C)c1cc(COC(=O)CCN(C)C)ns1. The Labute approximate surface area is 107 Å². The van der Waals surface area contributed by atoms with Crippen molar-refractivity contribution in [2.75, 3.05) is 20.6 Å². The number of nitrogens with zero attached hydrogens (tertiary/aromatic N) is 2. The monoisotopic (exact) mass is 256 g/mol. The quantitative estimate of drug-likeness (QED) is 0.732. The van der Waals surface area contributed by atoms with Crippen molar-refractivity contribution in [1.29, 1.82) is 0 Å². The van der Waals surface area contributed by atoms with Crippen molar-refractivity contribution in [1.82, 2.24) is 9.27 Å². The Kier molecular flexibility index (Phi) is 5.58. The lowest BCUT2D eigenvalue weighted by atomic mass is 10.2. The van der Waals surface area contributed by atoms with Crippen LogP contribution < -0.4 is 0 Å². The maximum atomic E-state index is 11.4. The summed E-state index contributed by atoms with van der Waals surface area (Å²) >= 11 is 1.48. The highest BCUT2D eigenvalue weighted by Gasteiger charge is 2.08. The van der Waals surface area contributed by atoms with Crippen molar-refractivity contribution in [3.8, 4) is 0 Å². The fourth-order valence-electron chi connectivity index (χ4n) is 1.21. The van der Waals surface area contributed by atoms with E-state index in [1.165, 1.54) is 16.4 Å². The molecule has 1 aromatic rings. The van der Waals surface area contributed by atoms with Gasteiger partial charge in [-0.15, -0.1) is 0 Å². The summed E-state index contributed by atoms with van der Waals surface area (Å²) < 4.78 is 9.41. The number of hydrogen-bond acceptors (Lipinski definition) is 5. The Morgan fingerprint density at radius 2 is 2.24 bits per heavy atom. The maximum Gasteiger partial charge on any atom is 0.307 e. The summed E-state index contributed by atoms with van der Waals surface area (Å²) in [6.07, 6.45) is 0.425. The van der Waals surface area contributed by atoms with Crippen molar-refractivity contribution < 1.29 is 9.53 Å². The Morgan fingerprint density at radius 1 is 1.53 bits per heavy atom. The zero-order valence-electron chi connectivity index (χ0n) is 10.9. The predicted molar refractivity (Wildman–Crippen MR) is 69.2 cm³/mol. The second-order valence-electron chi connectivity index (χ2n) is 4.59. The lowest BCUT2D eigenvalue weighted by molar-refractivity contribution is -0.145. The second kappa shape index (κ2) is 6.71. The molecule has 0 unspecified atom stereocenters. The number of hydrogen-bond donors (Lipinski definition) is 0. The first-order chi connectivity index (χ1) is 7.99. The van der Waals surface area contributed by atoms with Gasteiger partial charge in [-0.05, 0) is 37.6 Å². The summed E-state index contributed by atoms with van der Waals surface area (Å²) in [6.45, 7) is 5.25. The van der Waals surface area contributed by atoms with E-state index in [0.29, 0.717) is 18.9 Å². The van der Waals surface area contributed by atoms with E-state index in [2.05, 4.69) is 18.2 Å². The van der Waals surface area contributed by atoms with Crippen molar-refractivity contribution >= 4 is 17.5 Å².